The zero-order valence-corrected chi connectivity index (χ0v) is 8.70. The van der Waals surface area contributed by atoms with Crippen molar-refractivity contribution in [1.29, 1.82) is 0 Å². The number of nitrogens with one attached hydrogen (secondary N) is 1. The number of hydrogen-bond acceptors (Lipinski definition) is 0. The number of rotatable bonds is 0. The van der Waals surface area contributed by atoms with Gasteiger partial charge in [-0.2, -0.15) is 0 Å². The molecule has 2 rings (SSSR count). The highest BCUT2D eigenvalue weighted by Gasteiger charge is 2.04. The van der Waals surface area contributed by atoms with Crippen LogP contribution in [-0.4, -0.2) is 4.98 Å². The second kappa shape index (κ2) is 2.63. The Morgan fingerprint density at radius 2 is 1.83 bits per heavy atom. The molecule has 0 bridgehead atoms. The molecule has 0 atom stereocenters. The van der Waals surface area contributed by atoms with Crippen molar-refractivity contribution in [2.75, 3.05) is 0 Å². The Morgan fingerprint density at radius 3 is 2.50 bits per heavy atom. The number of fused-ring (bicyclic) bond motifs is 1. The van der Waals surface area contributed by atoms with Crippen molar-refractivity contribution in [3.05, 3.63) is 33.9 Å². The summed E-state index contributed by atoms with van der Waals surface area (Å²) in [7, 11) is 0. The third-order valence-corrected chi connectivity index (χ3v) is 2.83. The average Bonchev–Trinajstić information content (AvgIpc) is 2.42. The monoisotopic (exact) mass is 223 g/mol. The minimum atomic E-state index is 1.15. The Bertz CT molecular complexity index is 429. The molecule has 2 aromatic rings. The van der Waals surface area contributed by atoms with E-state index in [1.54, 1.807) is 0 Å². The van der Waals surface area contributed by atoms with Gasteiger partial charge in [0.1, 0.15) is 0 Å². The molecule has 0 saturated heterocycles. The second-order valence-corrected chi connectivity index (χ2v) is 3.94. The lowest BCUT2D eigenvalue weighted by atomic mass is 10.1. The van der Waals surface area contributed by atoms with Crippen LogP contribution in [0.25, 0.3) is 10.9 Å². The van der Waals surface area contributed by atoms with Crippen molar-refractivity contribution in [1.82, 2.24) is 4.98 Å². The average molecular weight is 224 g/mol. The number of aromatic amines is 1. The molecule has 0 aliphatic carbocycles. The Labute approximate surface area is 79.9 Å². The summed E-state index contributed by atoms with van der Waals surface area (Å²) < 4.78 is 1.15. The summed E-state index contributed by atoms with van der Waals surface area (Å²) in [6.45, 7) is 4.24. The third-order valence-electron chi connectivity index (χ3n) is 2.20. The van der Waals surface area contributed by atoms with Gasteiger partial charge in [-0.25, -0.2) is 0 Å². The fourth-order valence-corrected chi connectivity index (χ4v) is 2.14. The second-order valence-electron chi connectivity index (χ2n) is 3.09. The van der Waals surface area contributed by atoms with Crippen molar-refractivity contribution >= 4 is 26.8 Å². The largest absolute Gasteiger partial charge is 0.360 e. The highest BCUT2D eigenvalue weighted by molar-refractivity contribution is 9.10. The maximum absolute atomic E-state index is 3.52. The molecule has 0 unspecified atom stereocenters. The molecule has 0 amide bonds. The molecular weight excluding hydrogens is 214 g/mol. The van der Waals surface area contributed by atoms with Crippen molar-refractivity contribution in [3.8, 4) is 0 Å². The quantitative estimate of drug-likeness (QED) is 0.704. The van der Waals surface area contributed by atoms with E-state index in [1.807, 2.05) is 6.20 Å². The van der Waals surface area contributed by atoms with E-state index in [0.717, 1.165) is 4.47 Å². The number of aromatic nitrogens is 1. The van der Waals surface area contributed by atoms with E-state index in [9.17, 15) is 0 Å². The van der Waals surface area contributed by atoms with Crippen LogP contribution in [0.5, 0.6) is 0 Å². The molecule has 2 heteroatoms. The minimum absolute atomic E-state index is 1.15. The first-order valence-corrected chi connectivity index (χ1v) is 4.72. The van der Waals surface area contributed by atoms with Gasteiger partial charge in [-0.1, -0.05) is 12.1 Å². The van der Waals surface area contributed by atoms with Gasteiger partial charge < -0.3 is 4.98 Å². The minimum Gasteiger partial charge on any atom is -0.360 e. The molecule has 1 heterocycles. The van der Waals surface area contributed by atoms with Crippen LogP contribution in [0.2, 0.25) is 0 Å². The van der Waals surface area contributed by atoms with Crippen molar-refractivity contribution in [3.63, 3.8) is 0 Å². The molecule has 0 aliphatic rings. The first-order valence-electron chi connectivity index (χ1n) is 3.93. The predicted molar refractivity (Wildman–Crippen MR) is 55.5 cm³/mol. The van der Waals surface area contributed by atoms with E-state index >= 15 is 0 Å². The zero-order valence-electron chi connectivity index (χ0n) is 7.11. The normalized spacial score (nSPS) is 10.9. The summed E-state index contributed by atoms with van der Waals surface area (Å²) in [5.74, 6) is 0. The molecule has 1 nitrogen and oxygen atoms in total. The number of hydrogen-bond donors (Lipinski definition) is 1. The van der Waals surface area contributed by atoms with Crippen LogP contribution in [0.4, 0.5) is 0 Å². The smallest absolute Gasteiger partial charge is 0.0498 e. The standard InChI is InChI=1S/C10H10BrN/c1-6-3-4-7(2)10-9(6)8(11)5-12-10/h3-5,12H,1-2H3. The summed E-state index contributed by atoms with van der Waals surface area (Å²) >= 11 is 3.52. The molecule has 62 valence electrons. The molecule has 0 aliphatic heterocycles. The van der Waals surface area contributed by atoms with Crippen LogP contribution in [-0.2, 0) is 0 Å². The van der Waals surface area contributed by atoms with Crippen molar-refractivity contribution < 1.29 is 0 Å². The van der Waals surface area contributed by atoms with E-state index in [1.165, 1.54) is 22.0 Å². The highest BCUT2D eigenvalue weighted by atomic mass is 79.9. The van der Waals surface area contributed by atoms with Crippen LogP contribution in [0.3, 0.4) is 0 Å². The SMILES string of the molecule is Cc1ccc(C)c2c(Br)c[nH]c12. The van der Waals surface area contributed by atoms with Crippen LogP contribution in [0.15, 0.2) is 22.8 Å². The zero-order chi connectivity index (χ0) is 8.72. The van der Waals surface area contributed by atoms with Crippen molar-refractivity contribution in [2.45, 2.75) is 13.8 Å². The van der Waals surface area contributed by atoms with E-state index in [-0.39, 0.29) is 0 Å². The van der Waals surface area contributed by atoms with E-state index < -0.39 is 0 Å². The van der Waals surface area contributed by atoms with Gasteiger partial charge in [-0.3, -0.25) is 0 Å². The van der Waals surface area contributed by atoms with Gasteiger partial charge in [-0.05, 0) is 40.9 Å². The van der Waals surface area contributed by atoms with E-state index in [4.69, 9.17) is 0 Å². The first kappa shape index (κ1) is 7.87. The van der Waals surface area contributed by atoms with Crippen LogP contribution >= 0.6 is 15.9 Å². The molecule has 0 fully saturated rings. The molecule has 0 saturated carbocycles. The number of aryl methyl sites for hydroxylation is 2. The van der Waals surface area contributed by atoms with Gasteiger partial charge in [0.2, 0.25) is 0 Å². The van der Waals surface area contributed by atoms with Crippen molar-refractivity contribution in [2.24, 2.45) is 0 Å². The lowest BCUT2D eigenvalue weighted by Gasteiger charge is -1.99. The Hall–Kier alpha value is -0.760. The molecule has 12 heavy (non-hydrogen) atoms. The van der Waals surface area contributed by atoms with Gasteiger partial charge in [0.05, 0.1) is 0 Å². The van der Waals surface area contributed by atoms with Crippen LogP contribution in [0.1, 0.15) is 11.1 Å². The summed E-state index contributed by atoms with van der Waals surface area (Å²) in [4.78, 5) is 3.25. The number of benzene rings is 1. The maximum Gasteiger partial charge on any atom is 0.0498 e. The summed E-state index contributed by atoms with van der Waals surface area (Å²) in [5.41, 5.74) is 3.84. The molecule has 0 spiro atoms. The number of H-pyrrole nitrogens is 1. The summed E-state index contributed by atoms with van der Waals surface area (Å²) in [5, 5.41) is 1.30. The summed E-state index contributed by atoms with van der Waals surface area (Å²) in [6.07, 6.45) is 1.99. The van der Waals surface area contributed by atoms with E-state index in [2.05, 4.69) is 46.9 Å². The van der Waals surface area contributed by atoms with Gasteiger partial charge in [0.15, 0.2) is 0 Å². The summed E-state index contributed by atoms with van der Waals surface area (Å²) in [6, 6.07) is 4.29. The van der Waals surface area contributed by atoms with Gasteiger partial charge in [0, 0.05) is 21.6 Å². The lowest BCUT2D eigenvalue weighted by molar-refractivity contribution is 1.40. The number of halogens is 1. The molecular formula is C10H10BrN. The fraction of sp³-hybridized carbons (Fsp3) is 0.200. The Kier molecular flexibility index (Phi) is 1.72. The Morgan fingerprint density at radius 1 is 1.17 bits per heavy atom. The van der Waals surface area contributed by atoms with Gasteiger partial charge in [-0.15, -0.1) is 0 Å². The van der Waals surface area contributed by atoms with Crippen LogP contribution < -0.4 is 0 Å². The lowest BCUT2D eigenvalue weighted by Crippen LogP contribution is -1.79. The molecule has 1 aromatic carbocycles. The van der Waals surface area contributed by atoms with Gasteiger partial charge >= 0.3 is 0 Å². The Balaban J connectivity index is 2.98. The third kappa shape index (κ3) is 0.985. The molecule has 0 radical (unpaired) electrons. The predicted octanol–water partition coefficient (Wildman–Crippen LogP) is 3.55. The van der Waals surface area contributed by atoms with E-state index in [0.29, 0.717) is 0 Å². The first-order chi connectivity index (χ1) is 5.70. The molecule has 1 aromatic heterocycles. The fourth-order valence-electron chi connectivity index (χ4n) is 1.51. The molecule has 1 N–H and O–H groups in total. The maximum atomic E-state index is 3.52. The highest BCUT2D eigenvalue weighted by Crippen LogP contribution is 2.28. The van der Waals surface area contributed by atoms with Gasteiger partial charge in [0.25, 0.3) is 0 Å². The topological polar surface area (TPSA) is 15.8 Å². The van der Waals surface area contributed by atoms with Crippen LogP contribution in [0, 0.1) is 13.8 Å².